The number of aryl methyl sites for hydroxylation is 1. The van der Waals surface area contributed by atoms with Crippen molar-refractivity contribution in [2.75, 3.05) is 23.4 Å². The Hall–Kier alpha value is -3.16. The van der Waals surface area contributed by atoms with Gasteiger partial charge in [-0.15, -0.1) is 0 Å². The van der Waals surface area contributed by atoms with E-state index in [2.05, 4.69) is 10.4 Å². The van der Waals surface area contributed by atoms with E-state index in [1.807, 2.05) is 6.07 Å². The minimum Gasteiger partial charge on any atom is -0.452 e. The molecule has 1 fully saturated rings. The standard InChI is InChI=1S/C20H19ClN4O5S/c1-13-17(20(21)25(24-13)16-7-8-31(28,29)12-16)5-6-19(27)30-11-18(26)23-15-4-2-3-14(9-15)10-22/h2-6,9,16H,7-8,11-12H2,1H3,(H,23,26). The molecule has 11 heteroatoms. The lowest BCUT2D eigenvalue weighted by Crippen LogP contribution is -2.20. The van der Waals surface area contributed by atoms with Crippen LogP contribution in [-0.4, -0.2) is 48.2 Å². The zero-order chi connectivity index (χ0) is 22.6. The van der Waals surface area contributed by atoms with Gasteiger partial charge in [-0.1, -0.05) is 17.7 Å². The maximum atomic E-state index is 12.0. The zero-order valence-electron chi connectivity index (χ0n) is 16.5. The number of nitrogens with one attached hydrogen (secondary N) is 1. The van der Waals surface area contributed by atoms with E-state index in [1.54, 1.807) is 25.1 Å². The zero-order valence-corrected chi connectivity index (χ0v) is 18.1. The summed E-state index contributed by atoms with van der Waals surface area (Å²) in [5.74, 6) is -1.24. The number of esters is 1. The molecule has 1 aliphatic rings. The van der Waals surface area contributed by atoms with Crippen molar-refractivity contribution in [1.29, 1.82) is 5.26 Å². The van der Waals surface area contributed by atoms with Gasteiger partial charge in [0.15, 0.2) is 16.4 Å². The van der Waals surface area contributed by atoms with Crippen LogP contribution >= 0.6 is 11.6 Å². The number of anilines is 1. The van der Waals surface area contributed by atoms with Gasteiger partial charge >= 0.3 is 5.97 Å². The van der Waals surface area contributed by atoms with Gasteiger partial charge in [0.25, 0.3) is 5.91 Å². The highest BCUT2D eigenvalue weighted by Gasteiger charge is 2.31. The predicted octanol–water partition coefficient (Wildman–Crippen LogP) is 2.27. The summed E-state index contributed by atoms with van der Waals surface area (Å²) in [6.45, 7) is 1.19. The van der Waals surface area contributed by atoms with Crippen LogP contribution in [0.25, 0.3) is 6.08 Å². The number of aromatic nitrogens is 2. The van der Waals surface area contributed by atoms with Crippen molar-refractivity contribution in [3.8, 4) is 6.07 Å². The monoisotopic (exact) mass is 462 g/mol. The molecule has 31 heavy (non-hydrogen) atoms. The van der Waals surface area contributed by atoms with Gasteiger partial charge in [0.05, 0.1) is 34.9 Å². The number of nitriles is 1. The smallest absolute Gasteiger partial charge is 0.331 e. The van der Waals surface area contributed by atoms with Crippen molar-refractivity contribution >= 4 is 45.1 Å². The van der Waals surface area contributed by atoms with Crippen molar-refractivity contribution in [1.82, 2.24) is 9.78 Å². The molecule has 0 bridgehead atoms. The van der Waals surface area contributed by atoms with Crippen molar-refractivity contribution in [3.63, 3.8) is 0 Å². The number of carbonyl (C=O) groups excluding carboxylic acids is 2. The van der Waals surface area contributed by atoms with Crippen LogP contribution in [0, 0.1) is 18.3 Å². The van der Waals surface area contributed by atoms with E-state index >= 15 is 0 Å². The molecule has 2 aromatic rings. The molecule has 162 valence electrons. The molecule has 1 N–H and O–H groups in total. The molecule has 1 aromatic carbocycles. The van der Waals surface area contributed by atoms with E-state index in [0.29, 0.717) is 28.9 Å². The van der Waals surface area contributed by atoms with Crippen molar-refractivity contribution in [2.24, 2.45) is 0 Å². The Morgan fingerprint density at radius 2 is 2.23 bits per heavy atom. The summed E-state index contributed by atoms with van der Waals surface area (Å²) >= 11 is 6.34. The first kappa shape index (κ1) is 22.5. The van der Waals surface area contributed by atoms with Gasteiger partial charge in [0.2, 0.25) is 0 Å². The fourth-order valence-electron chi connectivity index (χ4n) is 3.13. The molecule has 1 amide bonds. The van der Waals surface area contributed by atoms with Gasteiger partial charge in [-0.3, -0.25) is 4.79 Å². The Labute approximate surface area is 184 Å². The lowest BCUT2D eigenvalue weighted by atomic mass is 10.2. The van der Waals surface area contributed by atoms with E-state index in [1.165, 1.54) is 16.8 Å². The molecule has 0 aliphatic carbocycles. The van der Waals surface area contributed by atoms with Gasteiger partial charge in [-0.25, -0.2) is 17.9 Å². The van der Waals surface area contributed by atoms with Crippen LogP contribution in [0.4, 0.5) is 5.69 Å². The van der Waals surface area contributed by atoms with Gasteiger partial charge < -0.3 is 10.1 Å². The number of benzene rings is 1. The quantitative estimate of drug-likeness (QED) is 0.514. The van der Waals surface area contributed by atoms with Crippen LogP contribution in [0.15, 0.2) is 30.3 Å². The Balaban J connectivity index is 1.57. The highest BCUT2D eigenvalue weighted by molar-refractivity contribution is 7.91. The third-order valence-corrected chi connectivity index (χ3v) is 6.76. The van der Waals surface area contributed by atoms with Crippen molar-refractivity contribution in [2.45, 2.75) is 19.4 Å². The first-order valence-electron chi connectivity index (χ1n) is 9.28. The topological polar surface area (TPSA) is 131 Å². The van der Waals surface area contributed by atoms with E-state index in [-0.39, 0.29) is 22.7 Å². The van der Waals surface area contributed by atoms with Crippen LogP contribution < -0.4 is 5.32 Å². The summed E-state index contributed by atoms with van der Waals surface area (Å²) in [5.41, 5.74) is 1.81. The van der Waals surface area contributed by atoms with Gasteiger partial charge in [0.1, 0.15) is 5.15 Å². The van der Waals surface area contributed by atoms with Crippen LogP contribution in [-0.2, 0) is 24.2 Å². The average molecular weight is 463 g/mol. The van der Waals surface area contributed by atoms with Gasteiger partial charge in [0, 0.05) is 17.3 Å². The number of halogens is 1. The lowest BCUT2D eigenvalue weighted by molar-refractivity contribution is -0.142. The van der Waals surface area contributed by atoms with E-state index in [0.717, 1.165) is 6.08 Å². The van der Waals surface area contributed by atoms with Crippen LogP contribution in [0.1, 0.15) is 29.3 Å². The lowest BCUT2D eigenvalue weighted by Gasteiger charge is -2.09. The van der Waals surface area contributed by atoms with Crippen molar-refractivity contribution in [3.05, 3.63) is 52.3 Å². The SMILES string of the molecule is Cc1nn(C2CCS(=O)(=O)C2)c(Cl)c1C=CC(=O)OCC(=O)Nc1cccc(C#N)c1. The van der Waals surface area contributed by atoms with Crippen LogP contribution in [0.5, 0.6) is 0 Å². The first-order valence-corrected chi connectivity index (χ1v) is 11.5. The number of hydrogen-bond acceptors (Lipinski definition) is 7. The summed E-state index contributed by atoms with van der Waals surface area (Å²) in [6.07, 6.45) is 2.97. The molecule has 1 unspecified atom stereocenters. The second-order valence-electron chi connectivity index (χ2n) is 6.97. The Morgan fingerprint density at radius 3 is 2.90 bits per heavy atom. The maximum absolute atomic E-state index is 12.0. The highest BCUT2D eigenvalue weighted by atomic mass is 35.5. The third kappa shape index (κ3) is 5.71. The first-order chi connectivity index (χ1) is 14.7. The number of amides is 1. The summed E-state index contributed by atoms with van der Waals surface area (Å²) in [7, 11) is -3.10. The summed E-state index contributed by atoms with van der Waals surface area (Å²) in [4.78, 5) is 23.9. The van der Waals surface area contributed by atoms with E-state index < -0.39 is 28.3 Å². The van der Waals surface area contributed by atoms with Crippen LogP contribution in [0.2, 0.25) is 5.15 Å². The number of hydrogen-bond donors (Lipinski definition) is 1. The molecule has 1 aromatic heterocycles. The van der Waals surface area contributed by atoms with E-state index in [4.69, 9.17) is 21.6 Å². The number of rotatable bonds is 6. The molecule has 1 saturated heterocycles. The molecular formula is C20H19ClN4O5S. The number of carbonyl (C=O) groups is 2. The molecule has 0 spiro atoms. The largest absolute Gasteiger partial charge is 0.452 e. The van der Waals surface area contributed by atoms with E-state index in [9.17, 15) is 18.0 Å². The molecule has 0 radical (unpaired) electrons. The molecule has 2 heterocycles. The molecule has 1 atom stereocenters. The average Bonchev–Trinajstić information content (AvgIpc) is 3.23. The van der Waals surface area contributed by atoms with Crippen LogP contribution in [0.3, 0.4) is 0 Å². The molecule has 3 rings (SSSR count). The molecular weight excluding hydrogens is 444 g/mol. The Bertz CT molecular complexity index is 1200. The normalized spacial score (nSPS) is 17.4. The molecule has 9 nitrogen and oxygen atoms in total. The van der Waals surface area contributed by atoms with Crippen molar-refractivity contribution < 1.29 is 22.7 Å². The number of sulfone groups is 1. The highest BCUT2D eigenvalue weighted by Crippen LogP contribution is 2.30. The van der Waals surface area contributed by atoms with Gasteiger partial charge in [-0.2, -0.15) is 10.4 Å². The third-order valence-electron chi connectivity index (χ3n) is 4.63. The predicted molar refractivity (Wildman–Crippen MR) is 114 cm³/mol. The molecule has 0 saturated carbocycles. The number of nitrogens with zero attached hydrogens (tertiary/aromatic N) is 3. The fourth-order valence-corrected chi connectivity index (χ4v) is 5.20. The fraction of sp³-hybridized carbons (Fsp3) is 0.300. The Kier molecular flexibility index (Phi) is 6.77. The summed E-state index contributed by atoms with van der Waals surface area (Å²) < 4.78 is 29.8. The summed E-state index contributed by atoms with van der Waals surface area (Å²) in [5, 5.41) is 15.9. The Morgan fingerprint density at radius 1 is 1.45 bits per heavy atom. The summed E-state index contributed by atoms with van der Waals surface area (Å²) in [6, 6.07) is 7.95. The molecule has 1 aliphatic heterocycles. The second kappa shape index (κ2) is 9.32. The minimum atomic E-state index is -3.10. The minimum absolute atomic E-state index is 0.0224. The number of ether oxygens (including phenoxy) is 1. The van der Waals surface area contributed by atoms with Gasteiger partial charge in [-0.05, 0) is 37.6 Å². The second-order valence-corrected chi connectivity index (χ2v) is 9.56. The maximum Gasteiger partial charge on any atom is 0.331 e.